The van der Waals surface area contributed by atoms with Gasteiger partial charge in [-0.2, -0.15) is 0 Å². The largest absolute Gasteiger partial charge is 0.350 e. The summed E-state index contributed by atoms with van der Waals surface area (Å²) in [6, 6.07) is 0. The van der Waals surface area contributed by atoms with E-state index in [0.717, 1.165) is 6.29 Å². The highest BCUT2D eigenvalue weighted by Crippen LogP contribution is 2.28. The third-order valence-corrected chi connectivity index (χ3v) is 2.36. The van der Waals surface area contributed by atoms with Crippen molar-refractivity contribution in [2.24, 2.45) is 5.92 Å². The van der Waals surface area contributed by atoms with Gasteiger partial charge in [-0.15, -0.1) is 0 Å². The van der Waals surface area contributed by atoms with E-state index >= 15 is 0 Å². The van der Waals surface area contributed by atoms with Crippen LogP contribution < -0.4 is 0 Å². The summed E-state index contributed by atoms with van der Waals surface area (Å²) in [5.74, 6) is -0.465. The Hall–Kier alpha value is -0.930. The number of ether oxygens (including phenoxy) is 2. The standard InChI is InChI=1S/C12H18O3/c1-4-5-6-10-9-14-12(2,3)15-11(10)7-8-13/h4-6,8,10-11H,1,7,9H2,2-3H3/b6-5+/t10-,11+/m0/s1. The molecule has 3 heteroatoms. The number of carbonyl (C=O) groups is 1. The van der Waals surface area contributed by atoms with Gasteiger partial charge in [-0.25, -0.2) is 0 Å². The highest BCUT2D eigenvalue weighted by molar-refractivity contribution is 5.50. The lowest BCUT2D eigenvalue weighted by molar-refractivity contribution is -0.285. The Kier molecular flexibility index (Phi) is 4.24. The van der Waals surface area contributed by atoms with E-state index in [-0.39, 0.29) is 12.0 Å². The molecule has 0 spiro atoms. The molecule has 1 aliphatic heterocycles. The van der Waals surface area contributed by atoms with Gasteiger partial charge in [0.1, 0.15) is 6.29 Å². The maximum atomic E-state index is 10.5. The van der Waals surface area contributed by atoms with Crippen molar-refractivity contribution in [1.82, 2.24) is 0 Å². The minimum absolute atomic E-state index is 0.0950. The molecule has 0 unspecified atom stereocenters. The van der Waals surface area contributed by atoms with Gasteiger partial charge in [0.25, 0.3) is 0 Å². The van der Waals surface area contributed by atoms with Crippen LogP contribution >= 0.6 is 0 Å². The third-order valence-electron chi connectivity index (χ3n) is 2.36. The lowest BCUT2D eigenvalue weighted by Gasteiger charge is -2.39. The van der Waals surface area contributed by atoms with Crippen LogP contribution in [0.15, 0.2) is 24.8 Å². The Balaban J connectivity index is 2.66. The molecule has 1 fully saturated rings. The van der Waals surface area contributed by atoms with Crippen LogP contribution in [0.3, 0.4) is 0 Å². The van der Waals surface area contributed by atoms with Crippen molar-refractivity contribution in [2.75, 3.05) is 6.61 Å². The van der Waals surface area contributed by atoms with Crippen LogP contribution in [0, 0.1) is 5.92 Å². The molecule has 1 aliphatic rings. The van der Waals surface area contributed by atoms with Gasteiger partial charge in [0, 0.05) is 12.3 Å². The van der Waals surface area contributed by atoms with E-state index < -0.39 is 5.79 Å². The molecule has 15 heavy (non-hydrogen) atoms. The van der Waals surface area contributed by atoms with Crippen LogP contribution in [0.25, 0.3) is 0 Å². The summed E-state index contributed by atoms with van der Waals surface area (Å²) in [5.41, 5.74) is 0. The van der Waals surface area contributed by atoms with Crippen LogP contribution in [0.4, 0.5) is 0 Å². The molecule has 0 bridgehead atoms. The molecule has 1 rings (SSSR count). The fourth-order valence-corrected chi connectivity index (χ4v) is 1.61. The molecule has 0 saturated carbocycles. The molecule has 0 aromatic heterocycles. The highest BCUT2D eigenvalue weighted by Gasteiger charge is 2.34. The second-order valence-corrected chi connectivity index (χ2v) is 4.05. The Morgan fingerprint density at radius 2 is 2.27 bits per heavy atom. The fraction of sp³-hybridized carbons (Fsp3) is 0.583. The van der Waals surface area contributed by atoms with Crippen molar-refractivity contribution in [3.05, 3.63) is 24.8 Å². The monoisotopic (exact) mass is 210 g/mol. The van der Waals surface area contributed by atoms with Crippen molar-refractivity contribution >= 4 is 6.29 Å². The van der Waals surface area contributed by atoms with Gasteiger partial charge >= 0.3 is 0 Å². The van der Waals surface area contributed by atoms with E-state index in [1.165, 1.54) is 0 Å². The van der Waals surface area contributed by atoms with Crippen molar-refractivity contribution in [1.29, 1.82) is 0 Å². The van der Waals surface area contributed by atoms with E-state index in [4.69, 9.17) is 9.47 Å². The molecule has 0 amide bonds. The predicted octanol–water partition coefficient (Wildman–Crippen LogP) is 2.09. The highest BCUT2D eigenvalue weighted by atomic mass is 16.7. The Bertz CT molecular complexity index is 256. The Labute approximate surface area is 90.8 Å². The third kappa shape index (κ3) is 3.61. The zero-order valence-electron chi connectivity index (χ0n) is 9.31. The van der Waals surface area contributed by atoms with Gasteiger partial charge < -0.3 is 14.3 Å². The van der Waals surface area contributed by atoms with Gasteiger partial charge in [0.15, 0.2) is 5.79 Å². The molecule has 2 atom stereocenters. The number of aldehydes is 1. The van der Waals surface area contributed by atoms with E-state index in [0.29, 0.717) is 13.0 Å². The normalized spacial score (nSPS) is 30.3. The molecule has 0 aliphatic carbocycles. The van der Waals surface area contributed by atoms with Crippen molar-refractivity contribution in [3.8, 4) is 0 Å². The number of hydrogen-bond donors (Lipinski definition) is 0. The zero-order valence-corrected chi connectivity index (χ0v) is 9.31. The summed E-state index contributed by atoms with van der Waals surface area (Å²) in [6.07, 6.45) is 6.73. The van der Waals surface area contributed by atoms with Gasteiger partial charge in [0.2, 0.25) is 0 Å². The number of rotatable bonds is 4. The maximum absolute atomic E-state index is 10.5. The van der Waals surface area contributed by atoms with Crippen molar-refractivity contribution in [3.63, 3.8) is 0 Å². The summed E-state index contributed by atoms with van der Waals surface area (Å²) >= 11 is 0. The molecule has 84 valence electrons. The van der Waals surface area contributed by atoms with E-state index in [2.05, 4.69) is 6.58 Å². The van der Waals surface area contributed by atoms with Crippen LogP contribution in [0.1, 0.15) is 20.3 Å². The summed E-state index contributed by atoms with van der Waals surface area (Å²) in [7, 11) is 0. The smallest absolute Gasteiger partial charge is 0.163 e. The van der Waals surface area contributed by atoms with E-state index in [1.807, 2.05) is 26.0 Å². The first-order chi connectivity index (χ1) is 7.09. The molecule has 0 N–H and O–H groups in total. The fourth-order valence-electron chi connectivity index (χ4n) is 1.61. The molecule has 0 aromatic rings. The Morgan fingerprint density at radius 3 is 2.87 bits per heavy atom. The molecule has 1 saturated heterocycles. The Morgan fingerprint density at radius 1 is 1.53 bits per heavy atom. The maximum Gasteiger partial charge on any atom is 0.163 e. The molecule has 0 radical (unpaired) electrons. The molecule has 3 nitrogen and oxygen atoms in total. The van der Waals surface area contributed by atoms with Crippen LogP contribution in [0.5, 0.6) is 0 Å². The quantitative estimate of drug-likeness (QED) is 0.526. The lowest BCUT2D eigenvalue weighted by atomic mass is 9.98. The lowest BCUT2D eigenvalue weighted by Crippen LogP contribution is -2.45. The molecular formula is C12H18O3. The minimum atomic E-state index is -0.591. The van der Waals surface area contributed by atoms with Crippen LogP contribution in [-0.2, 0) is 14.3 Å². The van der Waals surface area contributed by atoms with Gasteiger partial charge in [0.05, 0.1) is 12.7 Å². The first-order valence-corrected chi connectivity index (χ1v) is 5.13. The van der Waals surface area contributed by atoms with Crippen LogP contribution in [0.2, 0.25) is 0 Å². The number of hydrogen-bond acceptors (Lipinski definition) is 3. The van der Waals surface area contributed by atoms with Gasteiger partial charge in [-0.05, 0) is 13.8 Å². The molecule has 1 heterocycles. The van der Waals surface area contributed by atoms with Crippen molar-refractivity contribution < 1.29 is 14.3 Å². The van der Waals surface area contributed by atoms with Gasteiger partial charge in [-0.3, -0.25) is 0 Å². The summed E-state index contributed by atoms with van der Waals surface area (Å²) < 4.78 is 11.2. The van der Waals surface area contributed by atoms with Crippen LogP contribution in [-0.4, -0.2) is 24.8 Å². The molecule has 0 aromatic carbocycles. The molecular weight excluding hydrogens is 192 g/mol. The first-order valence-electron chi connectivity index (χ1n) is 5.13. The summed E-state index contributed by atoms with van der Waals surface area (Å²) in [6.45, 7) is 7.90. The van der Waals surface area contributed by atoms with Crippen molar-refractivity contribution in [2.45, 2.75) is 32.2 Å². The van der Waals surface area contributed by atoms with Gasteiger partial charge in [-0.1, -0.05) is 24.8 Å². The second kappa shape index (κ2) is 5.24. The number of allylic oxidation sites excluding steroid dienone is 2. The van der Waals surface area contributed by atoms with E-state index in [9.17, 15) is 4.79 Å². The SMILES string of the molecule is C=C/C=C/[C@H]1COC(C)(C)O[C@@H]1CC=O. The average molecular weight is 210 g/mol. The number of carbonyl (C=O) groups excluding carboxylic acids is 1. The predicted molar refractivity (Wildman–Crippen MR) is 58.4 cm³/mol. The second-order valence-electron chi connectivity index (χ2n) is 4.05. The zero-order chi connectivity index (χ0) is 11.3. The summed E-state index contributed by atoms with van der Waals surface area (Å²) in [5, 5.41) is 0. The minimum Gasteiger partial charge on any atom is -0.350 e. The summed E-state index contributed by atoms with van der Waals surface area (Å²) in [4.78, 5) is 10.5. The topological polar surface area (TPSA) is 35.5 Å². The average Bonchev–Trinajstić information content (AvgIpc) is 2.16. The first kappa shape index (κ1) is 12.1. The van der Waals surface area contributed by atoms with E-state index in [1.54, 1.807) is 6.08 Å².